The molecular formula is C10H16BaN4O6. The molecule has 0 saturated heterocycles. The normalized spacial score (nSPS) is 12.6. The standard InChI is InChI=1S/C10H18N4O6.Ba/c11-10(12)13-3-1-2-5(8(17)18)14-6(9(19)20)4-7(15)16;/h5-6,14H,1-4H2,(H,15,16)(H,17,18)(H,19,20)(H4,11,12,13);/q;+2/p-2/t5-,6?;/m0./s1. The summed E-state index contributed by atoms with van der Waals surface area (Å²) in [5.74, 6) is -4.81. The fourth-order valence-electron chi connectivity index (χ4n) is 1.40. The molecular weight excluding hydrogens is 409 g/mol. The van der Waals surface area contributed by atoms with E-state index in [0.29, 0.717) is 0 Å². The number of carboxylic acids is 3. The second kappa shape index (κ2) is 11.8. The zero-order valence-corrected chi connectivity index (χ0v) is 15.7. The van der Waals surface area contributed by atoms with Gasteiger partial charge in [0.2, 0.25) is 0 Å². The molecule has 0 amide bonds. The predicted molar refractivity (Wildman–Crippen MR) is 68.6 cm³/mol. The van der Waals surface area contributed by atoms with Gasteiger partial charge in [-0.05, 0) is 12.8 Å². The van der Waals surface area contributed by atoms with E-state index in [2.05, 4.69) is 10.3 Å². The summed E-state index contributed by atoms with van der Waals surface area (Å²) in [6.07, 6.45) is -0.601. The molecule has 0 fully saturated rings. The molecule has 6 N–H and O–H groups in total. The van der Waals surface area contributed by atoms with Crippen molar-refractivity contribution in [2.75, 3.05) is 6.54 Å². The third kappa shape index (κ3) is 11.5. The van der Waals surface area contributed by atoms with Crippen LogP contribution in [0.15, 0.2) is 4.99 Å². The number of nitrogens with one attached hydrogen (secondary N) is 1. The van der Waals surface area contributed by atoms with Gasteiger partial charge in [0.25, 0.3) is 0 Å². The number of aliphatic carboxylic acids is 3. The Morgan fingerprint density at radius 1 is 1.19 bits per heavy atom. The Kier molecular flexibility index (Phi) is 12.7. The number of carbonyl (C=O) groups is 3. The van der Waals surface area contributed by atoms with Crippen molar-refractivity contribution < 1.29 is 29.7 Å². The molecule has 0 radical (unpaired) electrons. The van der Waals surface area contributed by atoms with Crippen molar-refractivity contribution >= 4 is 72.7 Å². The van der Waals surface area contributed by atoms with Gasteiger partial charge in [-0.1, -0.05) is 0 Å². The Balaban J connectivity index is 0. The second-order valence-corrected chi connectivity index (χ2v) is 3.95. The summed E-state index contributed by atoms with van der Waals surface area (Å²) < 4.78 is 0. The van der Waals surface area contributed by atoms with E-state index in [1.165, 1.54) is 0 Å². The molecule has 11 heteroatoms. The summed E-state index contributed by atoms with van der Waals surface area (Å²) in [7, 11) is 0. The molecule has 0 aromatic carbocycles. The molecule has 0 aliphatic rings. The fourth-order valence-corrected chi connectivity index (χ4v) is 1.40. The van der Waals surface area contributed by atoms with Crippen LogP contribution in [0.5, 0.6) is 0 Å². The van der Waals surface area contributed by atoms with E-state index in [4.69, 9.17) is 16.6 Å². The molecule has 0 aromatic rings. The first kappa shape index (κ1) is 22.5. The van der Waals surface area contributed by atoms with Gasteiger partial charge in [0.15, 0.2) is 5.96 Å². The van der Waals surface area contributed by atoms with Crippen LogP contribution in [-0.2, 0) is 14.4 Å². The van der Waals surface area contributed by atoms with E-state index in [1.54, 1.807) is 0 Å². The Labute approximate surface area is 161 Å². The van der Waals surface area contributed by atoms with Crippen molar-refractivity contribution in [2.45, 2.75) is 31.3 Å². The smallest absolute Gasteiger partial charge is 0.550 e. The Hall–Kier alpha value is -0.789. The summed E-state index contributed by atoms with van der Waals surface area (Å²) in [6.45, 7) is 0.171. The van der Waals surface area contributed by atoms with Crippen molar-refractivity contribution in [3.8, 4) is 0 Å². The number of hydrogen-bond donors (Lipinski definition) is 4. The molecule has 21 heavy (non-hydrogen) atoms. The largest absolute Gasteiger partial charge is 2.00 e. The zero-order chi connectivity index (χ0) is 15.7. The molecule has 0 aliphatic heterocycles. The maximum Gasteiger partial charge on any atom is 2.00 e. The van der Waals surface area contributed by atoms with Crippen LogP contribution in [0.2, 0.25) is 0 Å². The van der Waals surface area contributed by atoms with E-state index >= 15 is 0 Å². The van der Waals surface area contributed by atoms with Crippen LogP contribution < -0.4 is 27.0 Å². The molecule has 1 unspecified atom stereocenters. The van der Waals surface area contributed by atoms with Crippen molar-refractivity contribution in [2.24, 2.45) is 16.5 Å². The van der Waals surface area contributed by atoms with Gasteiger partial charge in [0.05, 0.1) is 12.0 Å². The van der Waals surface area contributed by atoms with Crippen LogP contribution >= 0.6 is 0 Å². The van der Waals surface area contributed by atoms with Gasteiger partial charge >= 0.3 is 54.9 Å². The number of carbonyl (C=O) groups excluding carboxylic acids is 2. The number of guanidine groups is 1. The molecule has 0 rings (SSSR count). The summed E-state index contributed by atoms with van der Waals surface area (Å²) in [5.41, 5.74) is 10.2. The van der Waals surface area contributed by atoms with E-state index in [9.17, 15) is 24.6 Å². The maximum absolute atomic E-state index is 10.9. The number of carboxylic acid groups (broad SMARTS) is 3. The van der Waals surface area contributed by atoms with E-state index < -0.39 is 36.4 Å². The molecule has 0 heterocycles. The Morgan fingerprint density at radius 3 is 2.14 bits per heavy atom. The average Bonchev–Trinajstić information content (AvgIpc) is 2.30. The molecule has 0 aliphatic carbocycles. The molecule has 0 aromatic heterocycles. The number of rotatable bonds is 10. The summed E-state index contributed by atoms with van der Waals surface area (Å²) >= 11 is 0. The molecule has 0 spiro atoms. The molecule has 2 atom stereocenters. The Morgan fingerprint density at radius 2 is 1.76 bits per heavy atom. The second-order valence-electron chi connectivity index (χ2n) is 3.95. The van der Waals surface area contributed by atoms with Gasteiger partial charge in [-0.2, -0.15) is 0 Å². The first-order valence-electron chi connectivity index (χ1n) is 5.69. The van der Waals surface area contributed by atoms with Gasteiger partial charge in [-0.15, -0.1) is 0 Å². The average molecular weight is 426 g/mol. The van der Waals surface area contributed by atoms with Gasteiger partial charge in [-0.3, -0.25) is 15.1 Å². The molecule has 114 valence electrons. The van der Waals surface area contributed by atoms with Crippen LogP contribution in [0, 0.1) is 0 Å². The van der Waals surface area contributed by atoms with Crippen LogP contribution in [0.1, 0.15) is 19.3 Å². The van der Waals surface area contributed by atoms with Crippen molar-refractivity contribution in [3.63, 3.8) is 0 Å². The minimum absolute atomic E-state index is 0. The van der Waals surface area contributed by atoms with Crippen molar-refractivity contribution in [1.29, 1.82) is 0 Å². The predicted octanol–water partition coefficient (Wildman–Crippen LogP) is -5.04. The van der Waals surface area contributed by atoms with Crippen LogP contribution in [0.4, 0.5) is 0 Å². The number of nitrogens with zero attached hydrogens (tertiary/aromatic N) is 1. The summed E-state index contributed by atoms with van der Waals surface area (Å²) in [5, 5.41) is 32.2. The topological polar surface area (TPSA) is 194 Å². The summed E-state index contributed by atoms with van der Waals surface area (Å²) in [4.78, 5) is 35.7. The van der Waals surface area contributed by atoms with E-state index in [0.717, 1.165) is 0 Å². The van der Waals surface area contributed by atoms with Gasteiger partial charge in [0, 0.05) is 18.9 Å². The van der Waals surface area contributed by atoms with Gasteiger partial charge in [0.1, 0.15) is 6.04 Å². The first-order chi connectivity index (χ1) is 9.23. The van der Waals surface area contributed by atoms with E-state index in [1.807, 2.05) is 0 Å². The zero-order valence-electron chi connectivity index (χ0n) is 11.3. The van der Waals surface area contributed by atoms with Crippen molar-refractivity contribution in [3.05, 3.63) is 0 Å². The van der Waals surface area contributed by atoms with E-state index in [-0.39, 0.29) is 74.2 Å². The molecule has 0 saturated carbocycles. The quantitative estimate of drug-likeness (QED) is 0.115. The van der Waals surface area contributed by atoms with Crippen LogP contribution in [0.3, 0.4) is 0 Å². The Bertz CT molecular complexity index is 399. The molecule has 10 nitrogen and oxygen atoms in total. The third-order valence-electron chi connectivity index (χ3n) is 2.30. The monoisotopic (exact) mass is 426 g/mol. The number of nitrogens with two attached hydrogens (primary N) is 2. The van der Waals surface area contributed by atoms with Gasteiger partial charge < -0.3 is 36.4 Å². The minimum Gasteiger partial charge on any atom is -0.550 e. The van der Waals surface area contributed by atoms with Crippen molar-refractivity contribution in [1.82, 2.24) is 5.32 Å². The van der Waals surface area contributed by atoms with Crippen LogP contribution in [0.25, 0.3) is 0 Å². The maximum atomic E-state index is 10.9. The van der Waals surface area contributed by atoms with Crippen LogP contribution in [-0.4, -0.2) is 96.5 Å². The number of aliphatic imine (C=N–C) groups is 1. The number of hydrogen-bond acceptors (Lipinski definition) is 7. The molecule has 0 bridgehead atoms. The third-order valence-corrected chi connectivity index (χ3v) is 2.30. The first-order valence-corrected chi connectivity index (χ1v) is 5.69. The fraction of sp³-hybridized carbons (Fsp3) is 0.600. The minimum atomic E-state index is -1.72. The SMILES string of the molecule is NC(N)=NCCC[C@H](NC(CC(=O)[O-])C(=O)[O-])C(=O)O.[Ba+2]. The summed E-state index contributed by atoms with van der Waals surface area (Å²) in [6, 6.07) is -2.91. The van der Waals surface area contributed by atoms with Gasteiger partial charge in [-0.25, -0.2) is 0 Å².